The lowest BCUT2D eigenvalue weighted by molar-refractivity contribution is -0.146. The number of pyridine rings is 2. The first-order chi connectivity index (χ1) is 16.0. The zero-order valence-corrected chi connectivity index (χ0v) is 20.5. The van der Waals surface area contributed by atoms with Crippen LogP contribution in [0.2, 0.25) is 5.02 Å². The van der Waals surface area contributed by atoms with Crippen LogP contribution in [0, 0.1) is 19.8 Å². The average Bonchev–Trinajstić information content (AvgIpc) is 2.84. The Hall–Kier alpha value is -2.77. The number of ether oxygens (including phenoxy) is 1. The highest BCUT2D eigenvalue weighted by Gasteiger charge is 2.26. The zero-order chi connectivity index (χ0) is 23.4. The second kappa shape index (κ2) is 10.4. The summed E-state index contributed by atoms with van der Waals surface area (Å²) in [7, 11) is 1.45. The van der Waals surface area contributed by atoms with Crippen LogP contribution in [0.1, 0.15) is 24.0 Å². The highest BCUT2D eigenvalue weighted by molar-refractivity contribution is 8.00. The third kappa shape index (κ3) is 5.42. The Morgan fingerprint density at radius 1 is 1.06 bits per heavy atom. The fraction of sp³-hybridized carbons (Fsp3) is 0.320. The Labute approximate surface area is 203 Å². The Kier molecular flexibility index (Phi) is 7.40. The SMILES string of the molecule is COC(=O)C1CCN(c2cccc(SNc3ccc(Cl)c(-c4c(C)cccc4C)n3)n2)CC1. The molecule has 0 saturated carbocycles. The molecule has 1 aliphatic rings. The lowest BCUT2D eigenvalue weighted by atomic mass is 9.97. The van der Waals surface area contributed by atoms with E-state index in [4.69, 9.17) is 26.3 Å². The summed E-state index contributed by atoms with van der Waals surface area (Å²) >= 11 is 7.91. The summed E-state index contributed by atoms with van der Waals surface area (Å²) in [5.41, 5.74) is 4.11. The van der Waals surface area contributed by atoms with Gasteiger partial charge in [-0.25, -0.2) is 9.97 Å². The van der Waals surface area contributed by atoms with Crippen molar-refractivity contribution in [1.82, 2.24) is 9.97 Å². The van der Waals surface area contributed by atoms with Gasteiger partial charge in [-0.2, -0.15) is 0 Å². The largest absolute Gasteiger partial charge is 0.469 e. The van der Waals surface area contributed by atoms with E-state index in [-0.39, 0.29) is 11.9 Å². The number of hydrogen-bond acceptors (Lipinski definition) is 7. The van der Waals surface area contributed by atoms with E-state index in [1.54, 1.807) is 0 Å². The molecule has 3 heterocycles. The first-order valence-corrected chi connectivity index (χ1v) is 12.1. The van der Waals surface area contributed by atoms with Crippen LogP contribution in [0.4, 0.5) is 11.6 Å². The maximum absolute atomic E-state index is 11.8. The van der Waals surface area contributed by atoms with E-state index in [1.165, 1.54) is 19.1 Å². The number of esters is 1. The molecule has 0 unspecified atom stereocenters. The lowest BCUT2D eigenvalue weighted by Crippen LogP contribution is -2.37. The predicted octanol–water partition coefficient (Wildman–Crippen LogP) is 5.92. The molecule has 0 aliphatic carbocycles. The highest BCUT2D eigenvalue weighted by atomic mass is 35.5. The minimum atomic E-state index is -0.119. The standard InChI is InChI=1S/C25H27ClN4O2S/c1-16-6-4-7-17(2)23(16)24-19(26)10-11-20(27-24)29-33-22-9-5-8-21(28-22)30-14-12-18(13-15-30)25(31)32-3/h4-11,18H,12-15H2,1-3H3,(H,27,29). The van der Waals surface area contributed by atoms with Gasteiger partial charge in [0.1, 0.15) is 16.7 Å². The number of aromatic nitrogens is 2. The van der Waals surface area contributed by atoms with Crippen molar-refractivity contribution in [1.29, 1.82) is 0 Å². The molecular weight excluding hydrogens is 456 g/mol. The molecule has 2 aromatic heterocycles. The van der Waals surface area contributed by atoms with E-state index in [1.807, 2.05) is 36.4 Å². The van der Waals surface area contributed by atoms with Gasteiger partial charge in [-0.15, -0.1) is 0 Å². The van der Waals surface area contributed by atoms with Crippen molar-refractivity contribution in [2.75, 3.05) is 29.8 Å². The number of hydrogen-bond donors (Lipinski definition) is 1. The van der Waals surface area contributed by atoms with Crippen molar-refractivity contribution in [3.05, 3.63) is 64.7 Å². The topological polar surface area (TPSA) is 67.3 Å². The molecule has 33 heavy (non-hydrogen) atoms. The van der Waals surface area contributed by atoms with Crippen molar-refractivity contribution in [2.24, 2.45) is 5.92 Å². The Balaban J connectivity index is 1.45. The summed E-state index contributed by atoms with van der Waals surface area (Å²) in [5, 5.41) is 1.46. The number of benzene rings is 1. The van der Waals surface area contributed by atoms with Gasteiger partial charge in [-0.1, -0.05) is 35.9 Å². The number of rotatable bonds is 6. The summed E-state index contributed by atoms with van der Waals surface area (Å²) in [6, 6.07) is 15.9. The monoisotopic (exact) mass is 482 g/mol. The van der Waals surface area contributed by atoms with Gasteiger partial charge in [0.15, 0.2) is 0 Å². The third-order valence-corrected chi connectivity index (χ3v) is 6.94. The fourth-order valence-corrected chi connectivity index (χ4v) is 4.92. The molecule has 0 amide bonds. The van der Waals surface area contributed by atoms with Crippen molar-refractivity contribution in [2.45, 2.75) is 31.7 Å². The molecule has 1 aromatic carbocycles. The molecule has 1 aliphatic heterocycles. The second-order valence-corrected chi connectivity index (χ2v) is 9.35. The molecule has 8 heteroatoms. The number of halogens is 1. The van der Waals surface area contributed by atoms with E-state index in [2.05, 4.69) is 35.6 Å². The lowest BCUT2D eigenvalue weighted by Gasteiger charge is -2.31. The first-order valence-electron chi connectivity index (χ1n) is 10.9. The number of methoxy groups -OCH3 is 1. The van der Waals surface area contributed by atoms with Crippen LogP contribution in [0.15, 0.2) is 53.6 Å². The van der Waals surface area contributed by atoms with Gasteiger partial charge in [0, 0.05) is 30.6 Å². The molecule has 4 rings (SSSR count). The quantitative estimate of drug-likeness (QED) is 0.345. The number of nitrogens with zero attached hydrogens (tertiary/aromatic N) is 3. The van der Waals surface area contributed by atoms with Crippen LogP contribution >= 0.6 is 23.5 Å². The second-order valence-electron chi connectivity index (χ2n) is 8.12. The number of aryl methyl sites for hydroxylation is 2. The average molecular weight is 483 g/mol. The Morgan fingerprint density at radius 3 is 2.45 bits per heavy atom. The van der Waals surface area contributed by atoms with E-state index in [0.717, 1.165) is 59.2 Å². The summed E-state index contributed by atoms with van der Waals surface area (Å²) in [4.78, 5) is 23.5. The molecule has 1 fully saturated rings. The molecule has 0 bridgehead atoms. The summed E-state index contributed by atoms with van der Waals surface area (Å²) in [6.45, 7) is 5.70. The van der Waals surface area contributed by atoms with Crippen LogP contribution in [0.5, 0.6) is 0 Å². The fourth-order valence-electron chi connectivity index (χ4n) is 4.11. The molecule has 0 spiro atoms. The molecule has 6 nitrogen and oxygen atoms in total. The summed E-state index contributed by atoms with van der Waals surface area (Å²) < 4.78 is 8.18. The van der Waals surface area contributed by atoms with E-state index in [0.29, 0.717) is 10.8 Å². The van der Waals surface area contributed by atoms with Crippen molar-refractivity contribution in [3.63, 3.8) is 0 Å². The van der Waals surface area contributed by atoms with Crippen molar-refractivity contribution in [3.8, 4) is 11.3 Å². The predicted molar refractivity (Wildman–Crippen MR) is 135 cm³/mol. The van der Waals surface area contributed by atoms with Gasteiger partial charge >= 0.3 is 5.97 Å². The van der Waals surface area contributed by atoms with Gasteiger partial charge in [0.05, 0.1) is 23.7 Å². The summed E-state index contributed by atoms with van der Waals surface area (Å²) in [6.07, 6.45) is 1.56. The molecular formula is C25H27ClN4O2S. The Bertz CT molecular complexity index is 1130. The van der Waals surface area contributed by atoms with Gasteiger partial charge < -0.3 is 14.4 Å². The van der Waals surface area contributed by atoms with Gasteiger partial charge in [0.25, 0.3) is 0 Å². The van der Waals surface area contributed by atoms with Crippen LogP contribution in [0.25, 0.3) is 11.3 Å². The number of nitrogens with one attached hydrogen (secondary N) is 1. The van der Waals surface area contributed by atoms with E-state index < -0.39 is 0 Å². The van der Waals surface area contributed by atoms with E-state index >= 15 is 0 Å². The minimum absolute atomic E-state index is 0.0208. The van der Waals surface area contributed by atoms with Crippen LogP contribution in [-0.4, -0.2) is 36.1 Å². The molecule has 0 atom stereocenters. The highest BCUT2D eigenvalue weighted by Crippen LogP contribution is 2.33. The van der Waals surface area contributed by atoms with Gasteiger partial charge in [-0.3, -0.25) is 4.79 Å². The number of anilines is 2. The molecule has 3 aromatic rings. The molecule has 1 N–H and O–H groups in total. The maximum atomic E-state index is 11.8. The van der Waals surface area contributed by atoms with Crippen molar-refractivity contribution < 1.29 is 9.53 Å². The van der Waals surface area contributed by atoms with Crippen molar-refractivity contribution >= 4 is 41.2 Å². The minimum Gasteiger partial charge on any atom is -0.469 e. The maximum Gasteiger partial charge on any atom is 0.308 e. The van der Waals surface area contributed by atoms with Gasteiger partial charge in [0.2, 0.25) is 0 Å². The Morgan fingerprint density at radius 2 is 1.76 bits per heavy atom. The normalized spacial score (nSPS) is 14.2. The number of piperidine rings is 1. The van der Waals surface area contributed by atoms with Crippen LogP contribution in [0.3, 0.4) is 0 Å². The smallest absolute Gasteiger partial charge is 0.308 e. The number of carbonyl (C=O) groups excluding carboxylic acids is 1. The molecule has 172 valence electrons. The zero-order valence-electron chi connectivity index (χ0n) is 19.0. The summed E-state index contributed by atoms with van der Waals surface area (Å²) in [5.74, 6) is 1.48. The van der Waals surface area contributed by atoms with Crippen LogP contribution in [-0.2, 0) is 9.53 Å². The molecule has 1 saturated heterocycles. The van der Waals surface area contributed by atoms with E-state index in [9.17, 15) is 4.79 Å². The van der Waals surface area contributed by atoms with Gasteiger partial charge in [-0.05, 0) is 62.1 Å². The third-order valence-electron chi connectivity index (χ3n) is 5.89. The van der Waals surface area contributed by atoms with Crippen LogP contribution < -0.4 is 9.62 Å². The first kappa shape index (κ1) is 23.4. The molecule has 0 radical (unpaired) electrons. The number of carbonyl (C=O) groups is 1.